The van der Waals surface area contributed by atoms with E-state index in [0.29, 0.717) is 0 Å². The third-order valence-electron chi connectivity index (χ3n) is 5.46. The first-order chi connectivity index (χ1) is 15.2. The molecule has 1 saturated heterocycles. The minimum absolute atomic E-state index is 0.725. The van der Waals surface area contributed by atoms with Crippen molar-refractivity contribution in [1.82, 2.24) is 15.5 Å². The molecule has 0 aliphatic carbocycles. The molecule has 0 amide bonds. The van der Waals surface area contributed by atoms with Gasteiger partial charge in [0, 0.05) is 39.8 Å². The second-order valence-corrected chi connectivity index (χ2v) is 7.44. The SMILES string of the molecule is CN=C(NCCc1cc(OC)ccc1OC)NCc1ccccc1CN1CCOCC1. The van der Waals surface area contributed by atoms with Crippen LogP contribution >= 0.6 is 0 Å². The molecule has 7 heteroatoms. The van der Waals surface area contributed by atoms with E-state index in [1.807, 2.05) is 18.2 Å². The van der Waals surface area contributed by atoms with Crippen LogP contribution in [0.25, 0.3) is 0 Å². The van der Waals surface area contributed by atoms with Gasteiger partial charge in [-0.25, -0.2) is 0 Å². The summed E-state index contributed by atoms with van der Waals surface area (Å²) in [6.07, 6.45) is 0.800. The van der Waals surface area contributed by atoms with Crippen molar-refractivity contribution in [2.75, 3.05) is 54.1 Å². The fraction of sp³-hybridized carbons (Fsp3) is 0.458. The minimum atomic E-state index is 0.725. The van der Waals surface area contributed by atoms with Gasteiger partial charge >= 0.3 is 0 Å². The van der Waals surface area contributed by atoms with Crippen LogP contribution in [0.15, 0.2) is 47.5 Å². The average Bonchev–Trinajstić information content (AvgIpc) is 2.82. The van der Waals surface area contributed by atoms with Gasteiger partial charge in [0.1, 0.15) is 11.5 Å². The maximum atomic E-state index is 5.47. The fourth-order valence-electron chi connectivity index (χ4n) is 3.68. The van der Waals surface area contributed by atoms with Crippen molar-refractivity contribution in [3.8, 4) is 11.5 Å². The summed E-state index contributed by atoms with van der Waals surface area (Å²) in [6.45, 7) is 6.01. The molecule has 0 spiro atoms. The first-order valence-electron chi connectivity index (χ1n) is 10.8. The average molecular weight is 427 g/mol. The monoisotopic (exact) mass is 426 g/mol. The van der Waals surface area contributed by atoms with E-state index in [1.165, 1.54) is 11.1 Å². The Morgan fingerprint density at radius 3 is 2.48 bits per heavy atom. The van der Waals surface area contributed by atoms with Crippen molar-refractivity contribution in [1.29, 1.82) is 0 Å². The maximum Gasteiger partial charge on any atom is 0.191 e. The zero-order valence-electron chi connectivity index (χ0n) is 18.8. The van der Waals surface area contributed by atoms with Gasteiger partial charge in [-0.3, -0.25) is 9.89 Å². The van der Waals surface area contributed by atoms with E-state index in [9.17, 15) is 0 Å². The molecular weight excluding hydrogens is 392 g/mol. The lowest BCUT2D eigenvalue weighted by Gasteiger charge is -2.27. The van der Waals surface area contributed by atoms with Gasteiger partial charge in [0.25, 0.3) is 0 Å². The Balaban J connectivity index is 1.52. The number of nitrogens with zero attached hydrogens (tertiary/aromatic N) is 2. The highest BCUT2D eigenvalue weighted by molar-refractivity contribution is 5.79. The van der Waals surface area contributed by atoms with E-state index in [4.69, 9.17) is 14.2 Å². The van der Waals surface area contributed by atoms with E-state index in [1.54, 1.807) is 21.3 Å². The Hall–Kier alpha value is -2.77. The van der Waals surface area contributed by atoms with Gasteiger partial charge in [-0.2, -0.15) is 0 Å². The van der Waals surface area contributed by atoms with Crippen LogP contribution in [0.1, 0.15) is 16.7 Å². The summed E-state index contributed by atoms with van der Waals surface area (Å²) in [5, 5.41) is 6.83. The van der Waals surface area contributed by atoms with Crippen LogP contribution in [0.2, 0.25) is 0 Å². The molecule has 168 valence electrons. The van der Waals surface area contributed by atoms with E-state index >= 15 is 0 Å². The summed E-state index contributed by atoms with van der Waals surface area (Å²) >= 11 is 0. The number of morpholine rings is 1. The standard InChI is InChI=1S/C24H34N4O3/c1-25-24(26-11-10-19-16-22(29-2)8-9-23(19)30-3)27-17-20-6-4-5-7-21(20)18-28-12-14-31-15-13-28/h4-9,16H,10-15,17-18H2,1-3H3,(H2,25,26,27). The predicted octanol–water partition coefficient (Wildman–Crippen LogP) is 2.44. The summed E-state index contributed by atoms with van der Waals surface area (Å²) in [4.78, 5) is 6.81. The smallest absolute Gasteiger partial charge is 0.191 e. The highest BCUT2D eigenvalue weighted by Gasteiger charge is 2.13. The number of guanidine groups is 1. The Morgan fingerprint density at radius 2 is 1.77 bits per heavy atom. The normalized spacial score (nSPS) is 14.9. The first kappa shape index (κ1) is 22.9. The molecule has 2 aromatic rings. The molecule has 31 heavy (non-hydrogen) atoms. The summed E-state index contributed by atoms with van der Waals surface area (Å²) in [5.74, 6) is 2.47. The summed E-state index contributed by atoms with van der Waals surface area (Å²) in [6, 6.07) is 14.4. The second-order valence-electron chi connectivity index (χ2n) is 7.44. The molecule has 0 unspecified atom stereocenters. The zero-order valence-corrected chi connectivity index (χ0v) is 18.8. The Labute approximate surface area is 185 Å². The van der Waals surface area contributed by atoms with Crippen molar-refractivity contribution in [2.45, 2.75) is 19.5 Å². The number of ether oxygens (including phenoxy) is 3. The van der Waals surface area contributed by atoms with Crippen LogP contribution < -0.4 is 20.1 Å². The van der Waals surface area contributed by atoms with Gasteiger partial charge in [0.05, 0.1) is 27.4 Å². The lowest BCUT2D eigenvalue weighted by atomic mass is 10.1. The van der Waals surface area contributed by atoms with Crippen molar-refractivity contribution in [3.63, 3.8) is 0 Å². The third-order valence-corrected chi connectivity index (χ3v) is 5.46. The van der Waals surface area contributed by atoms with Crippen molar-refractivity contribution in [2.24, 2.45) is 4.99 Å². The molecule has 0 aromatic heterocycles. The van der Waals surface area contributed by atoms with Crippen LogP contribution in [-0.4, -0.2) is 65.0 Å². The second kappa shape index (κ2) is 12.2. The molecule has 2 aromatic carbocycles. The first-order valence-corrected chi connectivity index (χ1v) is 10.8. The summed E-state index contributed by atoms with van der Waals surface area (Å²) in [7, 11) is 5.15. The Morgan fingerprint density at radius 1 is 1.00 bits per heavy atom. The number of hydrogen-bond donors (Lipinski definition) is 2. The quantitative estimate of drug-likeness (QED) is 0.474. The van der Waals surface area contributed by atoms with Crippen LogP contribution in [0.3, 0.4) is 0 Å². The molecule has 7 nitrogen and oxygen atoms in total. The van der Waals surface area contributed by atoms with E-state index in [-0.39, 0.29) is 0 Å². The lowest BCUT2D eigenvalue weighted by Crippen LogP contribution is -2.38. The third kappa shape index (κ3) is 6.87. The fourth-order valence-corrected chi connectivity index (χ4v) is 3.68. The van der Waals surface area contributed by atoms with E-state index < -0.39 is 0 Å². The van der Waals surface area contributed by atoms with Crippen molar-refractivity contribution < 1.29 is 14.2 Å². The van der Waals surface area contributed by atoms with Crippen LogP contribution in [0, 0.1) is 0 Å². The number of benzene rings is 2. The summed E-state index contributed by atoms with van der Waals surface area (Å²) in [5.41, 5.74) is 3.72. The predicted molar refractivity (Wildman–Crippen MR) is 124 cm³/mol. The molecule has 1 aliphatic rings. The van der Waals surface area contributed by atoms with E-state index in [2.05, 4.69) is 44.8 Å². The molecule has 0 atom stereocenters. The molecule has 1 heterocycles. The Bertz CT molecular complexity index is 850. The van der Waals surface area contributed by atoms with Gasteiger partial charge < -0.3 is 24.8 Å². The molecule has 0 bridgehead atoms. The minimum Gasteiger partial charge on any atom is -0.497 e. The molecule has 1 fully saturated rings. The molecule has 3 rings (SSSR count). The number of nitrogens with one attached hydrogen (secondary N) is 2. The lowest BCUT2D eigenvalue weighted by molar-refractivity contribution is 0.0341. The molecule has 1 aliphatic heterocycles. The van der Waals surface area contributed by atoms with Crippen LogP contribution in [-0.2, 0) is 24.2 Å². The number of hydrogen-bond acceptors (Lipinski definition) is 5. The van der Waals surface area contributed by atoms with Gasteiger partial charge in [-0.1, -0.05) is 24.3 Å². The van der Waals surface area contributed by atoms with Gasteiger partial charge in [-0.15, -0.1) is 0 Å². The molecule has 2 N–H and O–H groups in total. The maximum absolute atomic E-state index is 5.47. The highest BCUT2D eigenvalue weighted by Crippen LogP contribution is 2.24. The number of aliphatic imine (C=N–C) groups is 1. The van der Waals surface area contributed by atoms with Crippen molar-refractivity contribution >= 4 is 5.96 Å². The largest absolute Gasteiger partial charge is 0.497 e. The zero-order chi connectivity index (χ0) is 21.9. The van der Waals surface area contributed by atoms with Gasteiger partial charge in [-0.05, 0) is 41.3 Å². The van der Waals surface area contributed by atoms with Gasteiger partial charge in [0.2, 0.25) is 0 Å². The van der Waals surface area contributed by atoms with Gasteiger partial charge in [0.15, 0.2) is 5.96 Å². The molecule has 0 saturated carbocycles. The molecular formula is C24H34N4O3. The Kier molecular flexibility index (Phi) is 8.99. The van der Waals surface area contributed by atoms with Crippen LogP contribution in [0.5, 0.6) is 11.5 Å². The van der Waals surface area contributed by atoms with E-state index in [0.717, 1.165) is 75.4 Å². The number of methoxy groups -OCH3 is 2. The van der Waals surface area contributed by atoms with Crippen LogP contribution in [0.4, 0.5) is 0 Å². The molecule has 0 radical (unpaired) electrons. The van der Waals surface area contributed by atoms with Crippen molar-refractivity contribution in [3.05, 3.63) is 59.2 Å². The topological polar surface area (TPSA) is 67.4 Å². The highest BCUT2D eigenvalue weighted by atomic mass is 16.5. The number of rotatable bonds is 9. The summed E-state index contributed by atoms with van der Waals surface area (Å²) < 4.78 is 16.3.